The van der Waals surface area contributed by atoms with Crippen molar-refractivity contribution in [1.29, 1.82) is 0 Å². The molecule has 1 aliphatic rings. The van der Waals surface area contributed by atoms with Crippen LogP contribution in [0, 0.1) is 5.41 Å². The number of rotatable bonds is 6. The van der Waals surface area contributed by atoms with Gasteiger partial charge in [-0.15, -0.1) is 0 Å². The van der Waals surface area contributed by atoms with E-state index in [1.54, 1.807) is 0 Å². The highest BCUT2D eigenvalue weighted by Crippen LogP contribution is 2.28. The lowest BCUT2D eigenvalue weighted by atomic mass is 9.79. The molecule has 1 amide bonds. The Balaban J connectivity index is 1.75. The van der Waals surface area contributed by atoms with Crippen LogP contribution in [0.1, 0.15) is 58.2 Å². The normalized spacial score (nSPS) is 21.1. The van der Waals surface area contributed by atoms with Crippen LogP contribution in [0.5, 0.6) is 0 Å². The largest absolute Gasteiger partial charge is 0.342 e. The summed E-state index contributed by atoms with van der Waals surface area (Å²) < 4.78 is 5.19. The molecule has 6 nitrogen and oxygen atoms in total. The van der Waals surface area contributed by atoms with E-state index < -0.39 is 0 Å². The molecule has 1 unspecified atom stereocenters. The van der Waals surface area contributed by atoms with Crippen LogP contribution in [0.15, 0.2) is 4.52 Å². The summed E-state index contributed by atoms with van der Waals surface area (Å²) in [5.41, 5.74) is 6.11. The maximum Gasteiger partial charge on any atom is 0.226 e. The van der Waals surface area contributed by atoms with Gasteiger partial charge in [-0.25, -0.2) is 0 Å². The van der Waals surface area contributed by atoms with E-state index in [2.05, 4.69) is 30.9 Å². The minimum absolute atomic E-state index is 0.00451. The van der Waals surface area contributed by atoms with Gasteiger partial charge >= 0.3 is 0 Å². The topological polar surface area (TPSA) is 85.2 Å². The van der Waals surface area contributed by atoms with Crippen LogP contribution in [0.2, 0.25) is 0 Å². The van der Waals surface area contributed by atoms with Gasteiger partial charge in [-0.3, -0.25) is 4.79 Å². The number of hydrogen-bond donors (Lipinski definition) is 1. The predicted molar refractivity (Wildman–Crippen MR) is 84.2 cm³/mol. The molecule has 0 aromatic carbocycles. The van der Waals surface area contributed by atoms with E-state index in [0.717, 1.165) is 44.6 Å². The lowest BCUT2D eigenvalue weighted by molar-refractivity contribution is -0.134. The van der Waals surface area contributed by atoms with Gasteiger partial charge in [0.1, 0.15) is 0 Å². The fourth-order valence-corrected chi connectivity index (χ4v) is 2.85. The Bertz CT molecular complexity index is 498. The van der Waals surface area contributed by atoms with Gasteiger partial charge in [-0.05, 0) is 24.7 Å². The molecule has 1 saturated heterocycles. The molecule has 2 N–H and O–H groups in total. The molecule has 2 rings (SSSR count). The monoisotopic (exact) mass is 308 g/mol. The first kappa shape index (κ1) is 16.9. The summed E-state index contributed by atoms with van der Waals surface area (Å²) in [6, 6.07) is 0.173. The van der Waals surface area contributed by atoms with Crippen LogP contribution in [0.4, 0.5) is 0 Å². The van der Waals surface area contributed by atoms with Crippen LogP contribution in [0.3, 0.4) is 0 Å². The number of carbonyl (C=O) groups is 1. The molecule has 1 aromatic heterocycles. The second-order valence-corrected chi connectivity index (χ2v) is 6.91. The molecular weight excluding hydrogens is 280 g/mol. The van der Waals surface area contributed by atoms with E-state index in [0.29, 0.717) is 18.7 Å². The van der Waals surface area contributed by atoms with Crippen molar-refractivity contribution in [1.82, 2.24) is 15.0 Å². The summed E-state index contributed by atoms with van der Waals surface area (Å²) in [5.74, 6) is 1.60. The Hall–Kier alpha value is -1.43. The first-order valence-corrected chi connectivity index (χ1v) is 8.27. The van der Waals surface area contributed by atoms with E-state index in [1.165, 1.54) is 0 Å². The number of carbonyl (C=O) groups excluding carboxylic acids is 1. The van der Waals surface area contributed by atoms with Gasteiger partial charge in [0.05, 0.1) is 0 Å². The van der Waals surface area contributed by atoms with Gasteiger partial charge in [0.25, 0.3) is 0 Å². The molecule has 0 radical (unpaired) electrons. The number of likely N-dealkylation sites (tertiary alicyclic amines) is 1. The fraction of sp³-hybridized carbons (Fsp3) is 0.812. The first-order valence-electron chi connectivity index (χ1n) is 8.27. The van der Waals surface area contributed by atoms with E-state index in [-0.39, 0.29) is 17.4 Å². The third-order valence-corrected chi connectivity index (χ3v) is 4.43. The van der Waals surface area contributed by atoms with Crippen molar-refractivity contribution >= 4 is 5.91 Å². The highest BCUT2D eigenvalue weighted by molar-refractivity contribution is 5.76. The van der Waals surface area contributed by atoms with Crippen molar-refractivity contribution in [2.75, 3.05) is 13.1 Å². The third kappa shape index (κ3) is 4.29. The lowest BCUT2D eigenvalue weighted by Gasteiger charge is -2.42. The Morgan fingerprint density at radius 3 is 2.91 bits per heavy atom. The zero-order valence-corrected chi connectivity index (χ0v) is 14.0. The quantitative estimate of drug-likeness (QED) is 0.868. The first-order chi connectivity index (χ1) is 10.4. The van der Waals surface area contributed by atoms with Crippen molar-refractivity contribution in [2.24, 2.45) is 11.1 Å². The number of hydrogen-bond acceptors (Lipinski definition) is 5. The van der Waals surface area contributed by atoms with E-state index in [9.17, 15) is 4.79 Å². The fourth-order valence-electron chi connectivity index (χ4n) is 2.85. The molecule has 0 bridgehead atoms. The van der Waals surface area contributed by atoms with Gasteiger partial charge in [-0.2, -0.15) is 4.98 Å². The summed E-state index contributed by atoms with van der Waals surface area (Å²) in [7, 11) is 0. The molecule has 0 saturated carbocycles. The third-order valence-electron chi connectivity index (χ3n) is 4.43. The molecule has 1 aromatic rings. The van der Waals surface area contributed by atoms with Crippen LogP contribution in [-0.2, 0) is 17.6 Å². The second-order valence-electron chi connectivity index (χ2n) is 6.91. The number of nitrogens with zero attached hydrogens (tertiary/aromatic N) is 3. The lowest BCUT2D eigenvalue weighted by Crippen LogP contribution is -2.53. The van der Waals surface area contributed by atoms with Crippen molar-refractivity contribution in [2.45, 2.75) is 65.3 Å². The van der Waals surface area contributed by atoms with Crippen LogP contribution in [0.25, 0.3) is 0 Å². The van der Waals surface area contributed by atoms with Gasteiger partial charge in [0, 0.05) is 38.4 Å². The number of piperidine rings is 1. The van der Waals surface area contributed by atoms with Gasteiger partial charge in [-0.1, -0.05) is 25.9 Å². The van der Waals surface area contributed by atoms with Crippen LogP contribution >= 0.6 is 0 Å². The molecular formula is C16H28N4O2. The highest BCUT2D eigenvalue weighted by Gasteiger charge is 2.34. The Kier molecular flexibility index (Phi) is 5.56. The summed E-state index contributed by atoms with van der Waals surface area (Å²) in [5, 5.41) is 3.93. The minimum Gasteiger partial charge on any atom is -0.342 e. The highest BCUT2D eigenvalue weighted by atomic mass is 16.5. The van der Waals surface area contributed by atoms with Crippen molar-refractivity contribution in [3.63, 3.8) is 0 Å². The molecule has 1 aliphatic heterocycles. The average Bonchev–Trinajstić information content (AvgIpc) is 2.90. The van der Waals surface area contributed by atoms with E-state index >= 15 is 0 Å². The predicted octanol–water partition coefficient (Wildman–Crippen LogP) is 1.93. The van der Waals surface area contributed by atoms with Crippen LogP contribution in [-0.4, -0.2) is 40.1 Å². The minimum atomic E-state index is -0.00451. The smallest absolute Gasteiger partial charge is 0.226 e. The van der Waals surface area contributed by atoms with E-state index in [1.807, 2.05) is 4.90 Å². The Labute approximate surface area is 132 Å². The standard InChI is InChI=1S/C16H28N4O2/c1-4-6-13-18-14(22-19-13)7-5-8-15(21)20-10-9-12(17)16(2,3)11-20/h12H,4-11,17H2,1-3H3. The Morgan fingerprint density at radius 1 is 1.45 bits per heavy atom. The summed E-state index contributed by atoms with van der Waals surface area (Å²) >= 11 is 0. The molecule has 0 spiro atoms. The van der Waals surface area contributed by atoms with Crippen molar-refractivity contribution in [3.8, 4) is 0 Å². The molecule has 1 atom stereocenters. The van der Waals surface area contributed by atoms with Crippen LogP contribution < -0.4 is 5.73 Å². The number of nitrogens with two attached hydrogens (primary N) is 1. The molecule has 2 heterocycles. The van der Waals surface area contributed by atoms with Crippen molar-refractivity contribution in [3.05, 3.63) is 11.7 Å². The van der Waals surface area contributed by atoms with E-state index in [4.69, 9.17) is 10.3 Å². The molecule has 0 aliphatic carbocycles. The van der Waals surface area contributed by atoms with Crippen molar-refractivity contribution < 1.29 is 9.32 Å². The summed E-state index contributed by atoms with van der Waals surface area (Å²) in [6.45, 7) is 7.86. The number of aryl methyl sites for hydroxylation is 2. The Morgan fingerprint density at radius 2 is 2.23 bits per heavy atom. The number of aromatic nitrogens is 2. The molecule has 124 valence electrons. The zero-order chi connectivity index (χ0) is 16.2. The zero-order valence-electron chi connectivity index (χ0n) is 14.0. The molecule has 6 heteroatoms. The van der Waals surface area contributed by atoms with Gasteiger partial charge in [0.15, 0.2) is 5.82 Å². The summed E-state index contributed by atoms with van der Waals surface area (Å²) in [6.07, 6.45) is 4.66. The maximum absolute atomic E-state index is 12.3. The summed E-state index contributed by atoms with van der Waals surface area (Å²) in [4.78, 5) is 18.6. The van der Waals surface area contributed by atoms with Gasteiger partial charge < -0.3 is 15.2 Å². The molecule has 1 fully saturated rings. The second kappa shape index (κ2) is 7.22. The number of amides is 1. The van der Waals surface area contributed by atoms with Gasteiger partial charge in [0.2, 0.25) is 11.8 Å². The SMILES string of the molecule is CCCc1noc(CCCC(=O)N2CCC(N)C(C)(C)C2)n1. The average molecular weight is 308 g/mol. The maximum atomic E-state index is 12.3. The molecule has 22 heavy (non-hydrogen) atoms.